The second kappa shape index (κ2) is 5.30. The monoisotopic (exact) mass is 276 g/mol. The molecule has 0 unspecified atom stereocenters. The van der Waals surface area contributed by atoms with Crippen LogP contribution in [0.5, 0.6) is 0 Å². The summed E-state index contributed by atoms with van der Waals surface area (Å²) in [6.07, 6.45) is 0. The van der Waals surface area contributed by atoms with Gasteiger partial charge in [0.15, 0.2) is 0 Å². The van der Waals surface area contributed by atoms with Crippen molar-refractivity contribution in [3.05, 3.63) is 57.6 Å². The molecule has 18 heavy (non-hydrogen) atoms. The van der Waals surface area contributed by atoms with Crippen molar-refractivity contribution in [1.82, 2.24) is 0 Å². The van der Waals surface area contributed by atoms with Gasteiger partial charge >= 0.3 is 0 Å². The van der Waals surface area contributed by atoms with E-state index in [2.05, 4.69) is 5.32 Å². The minimum Gasteiger partial charge on any atom is -0.353 e. The number of benzene rings is 2. The Morgan fingerprint density at radius 1 is 1.00 bits per heavy atom. The van der Waals surface area contributed by atoms with Gasteiger partial charge in [0.2, 0.25) is 0 Å². The fourth-order valence-electron chi connectivity index (χ4n) is 1.55. The van der Waals surface area contributed by atoms with Crippen LogP contribution in [-0.4, -0.2) is 0 Å². The predicted molar refractivity (Wildman–Crippen MR) is 75.6 cm³/mol. The van der Waals surface area contributed by atoms with E-state index in [4.69, 9.17) is 28.5 Å². The van der Waals surface area contributed by atoms with E-state index < -0.39 is 0 Å². The number of anilines is 2. The van der Waals surface area contributed by atoms with Crippen molar-refractivity contribution in [2.75, 3.05) is 5.32 Å². The van der Waals surface area contributed by atoms with Gasteiger partial charge in [-0.2, -0.15) is 5.26 Å². The summed E-state index contributed by atoms with van der Waals surface area (Å²) in [4.78, 5) is 0. The lowest BCUT2D eigenvalue weighted by Gasteiger charge is -2.10. The van der Waals surface area contributed by atoms with Crippen LogP contribution in [0.4, 0.5) is 11.4 Å². The van der Waals surface area contributed by atoms with Crippen LogP contribution in [0.2, 0.25) is 10.0 Å². The largest absolute Gasteiger partial charge is 0.353 e. The Morgan fingerprint density at radius 2 is 1.61 bits per heavy atom. The molecular formula is C14H10Cl2N2. The summed E-state index contributed by atoms with van der Waals surface area (Å²) < 4.78 is 0. The van der Waals surface area contributed by atoms with Crippen LogP contribution >= 0.6 is 23.2 Å². The van der Waals surface area contributed by atoms with Crippen molar-refractivity contribution in [3.63, 3.8) is 0 Å². The van der Waals surface area contributed by atoms with Crippen LogP contribution in [0.15, 0.2) is 36.4 Å². The summed E-state index contributed by atoms with van der Waals surface area (Å²) in [5, 5.41) is 13.0. The zero-order valence-corrected chi connectivity index (χ0v) is 11.2. The lowest BCUT2D eigenvalue weighted by molar-refractivity contribution is 1.44. The number of hydrogen-bond acceptors (Lipinski definition) is 2. The van der Waals surface area contributed by atoms with Gasteiger partial charge in [0.25, 0.3) is 0 Å². The molecule has 2 nitrogen and oxygen atoms in total. The molecule has 0 saturated carbocycles. The number of halogens is 2. The van der Waals surface area contributed by atoms with Gasteiger partial charge in [-0.25, -0.2) is 0 Å². The van der Waals surface area contributed by atoms with Gasteiger partial charge < -0.3 is 5.32 Å². The average molecular weight is 277 g/mol. The van der Waals surface area contributed by atoms with Gasteiger partial charge in [-0.3, -0.25) is 0 Å². The quantitative estimate of drug-likeness (QED) is 0.845. The highest BCUT2D eigenvalue weighted by Gasteiger charge is 2.05. The predicted octanol–water partition coefficient (Wildman–Crippen LogP) is 4.92. The lowest BCUT2D eigenvalue weighted by atomic mass is 10.2. The van der Waals surface area contributed by atoms with E-state index in [1.165, 1.54) is 0 Å². The number of nitriles is 1. The molecule has 2 aromatic rings. The van der Waals surface area contributed by atoms with E-state index in [1.807, 2.05) is 31.2 Å². The molecule has 0 spiro atoms. The van der Waals surface area contributed by atoms with E-state index in [9.17, 15) is 0 Å². The lowest BCUT2D eigenvalue weighted by Crippen LogP contribution is -1.93. The molecule has 2 rings (SSSR count). The molecule has 0 saturated heterocycles. The molecule has 0 amide bonds. The molecule has 1 N–H and O–H groups in total. The van der Waals surface area contributed by atoms with Crippen molar-refractivity contribution in [1.29, 1.82) is 5.26 Å². The first-order valence-electron chi connectivity index (χ1n) is 5.33. The minimum absolute atomic E-state index is 0.491. The molecule has 0 radical (unpaired) electrons. The normalized spacial score (nSPS) is 9.89. The number of nitrogens with one attached hydrogen (secondary N) is 1. The Labute approximate surface area is 116 Å². The molecule has 4 heteroatoms. The molecule has 90 valence electrons. The number of aryl methyl sites for hydroxylation is 1. The molecule has 0 atom stereocenters. The fraction of sp³-hybridized carbons (Fsp3) is 0.0714. The van der Waals surface area contributed by atoms with E-state index in [1.54, 1.807) is 18.2 Å². The number of hydrogen-bond donors (Lipinski definition) is 1. The molecule has 2 aromatic carbocycles. The van der Waals surface area contributed by atoms with E-state index >= 15 is 0 Å². The molecule has 0 aliphatic heterocycles. The summed E-state index contributed by atoms with van der Waals surface area (Å²) in [6.45, 7) is 1.98. The second-order valence-electron chi connectivity index (χ2n) is 3.91. The average Bonchev–Trinajstić information content (AvgIpc) is 2.34. The molecule has 0 aliphatic carbocycles. The van der Waals surface area contributed by atoms with Crippen LogP contribution in [0, 0.1) is 18.3 Å². The van der Waals surface area contributed by atoms with Crippen molar-refractivity contribution >= 4 is 34.6 Å². The Balaban J connectivity index is 2.32. The first-order chi connectivity index (χ1) is 8.60. The zero-order valence-electron chi connectivity index (χ0n) is 9.67. The summed E-state index contributed by atoms with van der Waals surface area (Å²) in [6, 6.07) is 12.9. The highest BCUT2D eigenvalue weighted by atomic mass is 35.5. The topological polar surface area (TPSA) is 35.8 Å². The second-order valence-corrected chi connectivity index (χ2v) is 4.73. The standard InChI is InChI=1S/C14H10Cl2N2/c1-9-2-4-13(11(15)6-9)18-14-5-3-10(8-17)7-12(14)16/h2-7,18H,1H3. The Bertz CT molecular complexity index is 630. The summed E-state index contributed by atoms with van der Waals surface area (Å²) in [7, 11) is 0. The van der Waals surface area contributed by atoms with E-state index in [0.717, 1.165) is 16.9 Å². The van der Waals surface area contributed by atoms with Gasteiger partial charge in [-0.15, -0.1) is 0 Å². The van der Waals surface area contributed by atoms with Crippen LogP contribution < -0.4 is 5.32 Å². The summed E-state index contributed by atoms with van der Waals surface area (Å²) in [5.41, 5.74) is 3.13. The first kappa shape index (κ1) is 12.8. The summed E-state index contributed by atoms with van der Waals surface area (Å²) >= 11 is 12.2. The van der Waals surface area contributed by atoms with Gasteiger partial charge in [-0.05, 0) is 42.8 Å². The zero-order chi connectivity index (χ0) is 13.1. The van der Waals surface area contributed by atoms with Gasteiger partial charge in [-0.1, -0.05) is 29.3 Å². The fourth-order valence-corrected chi connectivity index (χ4v) is 2.06. The molecule has 0 heterocycles. The molecule has 0 bridgehead atoms. The van der Waals surface area contributed by atoms with Crippen molar-refractivity contribution < 1.29 is 0 Å². The van der Waals surface area contributed by atoms with Gasteiger partial charge in [0.1, 0.15) is 0 Å². The van der Waals surface area contributed by atoms with Crippen LogP contribution in [0.25, 0.3) is 0 Å². The smallest absolute Gasteiger partial charge is 0.0992 e. The van der Waals surface area contributed by atoms with Gasteiger partial charge in [0.05, 0.1) is 33.1 Å². The first-order valence-corrected chi connectivity index (χ1v) is 6.08. The highest BCUT2D eigenvalue weighted by molar-refractivity contribution is 6.34. The van der Waals surface area contributed by atoms with Crippen molar-refractivity contribution in [2.24, 2.45) is 0 Å². The molecule has 0 fully saturated rings. The minimum atomic E-state index is 0.491. The Kier molecular flexibility index (Phi) is 3.76. The third kappa shape index (κ3) is 2.76. The molecule has 0 aliphatic rings. The van der Waals surface area contributed by atoms with E-state index in [-0.39, 0.29) is 0 Å². The Hall–Kier alpha value is -1.69. The molecular weight excluding hydrogens is 267 g/mol. The maximum absolute atomic E-state index is 8.77. The van der Waals surface area contributed by atoms with Crippen LogP contribution in [0.3, 0.4) is 0 Å². The van der Waals surface area contributed by atoms with Crippen molar-refractivity contribution in [2.45, 2.75) is 6.92 Å². The Morgan fingerprint density at radius 3 is 2.17 bits per heavy atom. The number of nitrogens with zero attached hydrogens (tertiary/aromatic N) is 1. The maximum Gasteiger partial charge on any atom is 0.0992 e. The number of rotatable bonds is 2. The molecule has 0 aromatic heterocycles. The maximum atomic E-state index is 8.77. The van der Waals surface area contributed by atoms with Gasteiger partial charge in [0, 0.05) is 0 Å². The van der Waals surface area contributed by atoms with Crippen molar-refractivity contribution in [3.8, 4) is 6.07 Å². The highest BCUT2D eigenvalue weighted by Crippen LogP contribution is 2.30. The van der Waals surface area contributed by atoms with Crippen LogP contribution in [-0.2, 0) is 0 Å². The SMILES string of the molecule is Cc1ccc(Nc2ccc(C#N)cc2Cl)c(Cl)c1. The van der Waals surface area contributed by atoms with E-state index in [0.29, 0.717) is 15.6 Å². The van der Waals surface area contributed by atoms with Crippen LogP contribution in [0.1, 0.15) is 11.1 Å². The summed E-state index contributed by atoms with van der Waals surface area (Å²) in [5.74, 6) is 0. The third-order valence-electron chi connectivity index (χ3n) is 2.49. The third-order valence-corrected chi connectivity index (χ3v) is 3.12.